The van der Waals surface area contributed by atoms with Crippen LogP contribution in [0.5, 0.6) is 0 Å². The highest BCUT2D eigenvalue weighted by atomic mass is 32.1. The summed E-state index contributed by atoms with van der Waals surface area (Å²) in [6, 6.07) is 4.65. The molecule has 2 N–H and O–H groups in total. The quantitative estimate of drug-likeness (QED) is 0.692. The molecule has 0 saturated heterocycles. The van der Waals surface area contributed by atoms with Crippen LogP contribution >= 0.6 is 12.6 Å². The van der Waals surface area contributed by atoms with E-state index in [-0.39, 0.29) is 17.0 Å². The van der Waals surface area contributed by atoms with Crippen molar-refractivity contribution in [1.29, 1.82) is 0 Å². The number of nitrogens with zero attached hydrogens (tertiary/aromatic N) is 1. The van der Waals surface area contributed by atoms with Gasteiger partial charge in [0, 0.05) is 18.1 Å². The highest BCUT2D eigenvalue weighted by molar-refractivity contribution is 7.80. The van der Waals surface area contributed by atoms with Crippen LogP contribution in [0.15, 0.2) is 39.1 Å². The van der Waals surface area contributed by atoms with Gasteiger partial charge in [0.1, 0.15) is 0 Å². The van der Waals surface area contributed by atoms with Gasteiger partial charge in [-0.15, -0.1) is 12.6 Å². The van der Waals surface area contributed by atoms with E-state index in [0.717, 1.165) is 5.56 Å². The molecule has 0 spiro atoms. The fourth-order valence-corrected chi connectivity index (χ4v) is 1.85. The van der Waals surface area contributed by atoms with Crippen molar-refractivity contribution >= 4 is 12.6 Å². The van der Waals surface area contributed by atoms with E-state index in [1.807, 2.05) is 6.92 Å². The van der Waals surface area contributed by atoms with Crippen LogP contribution < -0.4 is 11.1 Å². The molecule has 0 aliphatic heterocycles. The molecule has 0 bridgehead atoms. The summed E-state index contributed by atoms with van der Waals surface area (Å²) in [4.78, 5) is 31.6. The first-order valence-electron chi connectivity index (χ1n) is 5.04. The van der Waals surface area contributed by atoms with Crippen molar-refractivity contribution < 1.29 is 0 Å². The fourth-order valence-electron chi connectivity index (χ4n) is 1.59. The lowest BCUT2D eigenvalue weighted by molar-refractivity contribution is 0.839. The summed E-state index contributed by atoms with van der Waals surface area (Å²) in [5.41, 5.74) is 0.964. The summed E-state index contributed by atoms with van der Waals surface area (Å²) in [6.07, 6.45) is 1.35. The summed E-state index contributed by atoms with van der Waals surface area (Å²) in [7, 11) is 0. The Hall–Kier alpha value is -1.82. The summed E-state index contributed by atoms with van der Waals surface area (Å²) >= 11 is 4.11. The van der Waals surface area contributed by atoms with Gasteiger partial charge in [0.05, 0.1) is 17.0 Å². The van der Waals surface area contributed by atoms with Crippen LogP contribution in [0, 0.1) is 0 Å². The Bertz CT molecular complexity index is 647. The average Bonchev–Trinajstić information content (AvgIpc) is 2.26. The van der Waals surface area contributed by atoms with E-state index in [4.69, 9.17) is 0 Å². The molecule has 0 radical (unpaired) electrons. The standard InChI is InChI=1S/C11H11N3O2S/c1-6(8-4-9(15)13-5-12-8)7-2-10(16)14-11(17)3-7/h2-6H,1H3,(H,12,13,15)(H2,14,16,17)/t6-/m1/s1. The molecule has 0 aliphatic carbocycles. The molecule has 5 nitrogen and oxygen atoms in total. The van der Waals surface area contributed by atoms with Crippen molar-refractivity contribution in [3.8, 4) is 0 Å². The molecule has 0 saturated carbocycles. The van der Waals surface area contributed by atoms with E-state index in [1.165, 1.54) is 18.5 Å². The largest absolute Gasteiger partial charge is 0.317 e. The van der Waals surface area contributed by atoms with Crippen LogP contribution in [0.1, 0.15) is 24.1 Å². The average molecular weight is 249 g/mol. The Morgan fingerprint density at radius 3 is 2.65 bits per heavy atom. The fraction of sp³-hybridized carbons (Fsp3) is 0.182. The second kappa shape index (κ2) is 4.58. The normalized spacial score (nSPS) is 12.4. The Labute approximate surface area is 102 Å². The minimum Gasteiger partial charge on any atom is -0.317 e. The molecule has 0 fully saturated rings. The third-order valence-corrected chi connectivity index (χ3v) is 2.74. The van der Waals surface area contributed by atoms with Crippen LogP contribution in [-0.4, -0.2) is 15.0 Å². The van der Waals surface area contributed by atoms with Gasteiger partial charge in [0.2, 0.25) is 5.56 Å². The second-order valence-corrected chi connectivity index (χ2v) is 4.20. The van der Waals surface area contributed by atoms with E-state index in [9.17, 15) is 9.59 Å². The maximum atomic E-state index is 11.3. The Balaban J connectivity index is 2.46. The number of pyridine rings is 1. The topological polar surface area (TPSA) is 78.6 Å². The van der Waals surface area contributed by atoms with E-state index in [0.29, 0.717) is 10.7 Å². The summed E-state index contributed by atoms with van der Waals surface area (Å²) in [6.45, 7) is 1.88. The summed E-state index contributed by atoms with van der Waals surface area (Å²) in [5.74, 6) is -0.134. The SMILES string of the molecule is C[C@H](c1cc(S)[nH]c(=O)c1)c1cc(=O)[nH]cn1. The molecular weight excluding hydrogens is 238 g/mol. The number of hydrogen-bond acceptors (Lipinski definition) is 4. The van der Waals surface area contributed by atoms with Gasteiger partial charge in [-0.1, -0.05) is 6.92 Å². The lowest BCUT2D eigenvalue weighted by Gasteiger charge is -2.10. The molecule has 2 aromatic heterocycles. The van der Waals surface area contributed by atoms with Crippen molar-refractivity contribution in [3.63, 3.8) is 0 Å². The number of H-pyrrole nitrogens is 2. The molecule has 2 rings (SSSR count). The molecule has 0 aliphatic rings. The van der Waals surface area contributed by atoms with Crippen molar-refractivity contribution in [3.05, 3.63) is 56.5 Å². The molecule has 0 unspecified atom stereocenters. The van der Waals surface area contributed by atoms with E-state index in [2.05, 4.69) is 27.6 Å². The van der Waals surface area contributed by atoms with Gasteiger partial charge < -0.3 is 9.97 Å². The number of aromatic nitrogens is 3. The highest BCUT2D eigenvalue weighted by Crippen LogP contribution is 2.20. The number of thiol groups is 1. The van der Waals surface area contributed by atoms with Gasteiger partial charge >= 0.3 is 0 Å². The van der Waals surface area contributed by atoms with Gasteiger partial charge in [0.25, 0.3) is 5.56 Å². The van der Waals surface area contributed by atoms with Crippen LogP contribution in [0.3, 0.4) is 0 Å². The Morgan fingerprint density at radius 2 is 2.00 bits per heavy atom. The molecule has 0 aromatic carbocycles. The molecular formula is C11H11N3O2S. The van der Waals surface area contributed by atoms with Crippen molar-refractivity contribution in [2.75, 3.05) is 0 Å². The third kappa shape index (κ3) is 2.65. The van der Waals surface area contributed by atoms with Gasteiger partial charge in [-0.3, -0.25) is 9.59 Å². The number of nitrogens with one attached hydrogen (secondary N) is 2. The van der Waals surface area contributed by atoms with Gasteiger partial charge in [0.15, 0.2) is 0 Å². The van der Waals surface area contributed by atoms with Crippen LogP contribution in [0.25, 0.3) is 0 Å². The second-order valence-electron chi connectivity index (χ2n) is 3.72. The highest BCUT2D eigenvalue weighted by Gasteiger charge is 2.11. The molecule has 17 heavy (non-hydrogen) atoms. The molecule has 2 heterocycles. The zero-order valence-electron chi connectivity index (χ0n) is 9.10. The van der Waals surface area contributed by atoms with Gasteiger partial charge in [-0.2, -0.15) is 0 Å². The van der Waals surface area contributed by atoms with E-state index >= 15 is 0 Å². The number of hydrogen-bond donors (Lipinski definition) is 3. The minimum absolute atomic E-state index is 0.134. The van der Waals surface area contributed by atoms with Crippen LogP contribution in [0.2, 0.25) is 0 Å². The minimum atomic E-state index is -0.218. The first-order chi connectivity index (χ1) is 8.06. The van der Waals surface area contributed by atoms with Crippen molar-refractivity contribution in [2.24, 2.45) is 0 Å². The molecule has 0 amide bonds. The number of rotatable bonds is 2. The lowest BCUT2D eigenvalue weighted by atomic mass is 9.99. The van der Waals surface area contributed by atoms with E-state index < -0.39 is 0 Å². The smallest absolute Gasteiger partial charge is 0.250 e. The molecule has 88 valence electrons. The zero-order chi connectivity index (χ0) is 12.4. The Kier molecular flexibility index (Phi) is 3.14. The van der Waals surface area contributed by atoms with Crippen LogP contribution in [-0.2, 0) is 0 Å². The lowest BCUT2D eigenvalue weighted by Crippen LogP contribution is -2.12. The summed E-state index contributed by atoms with van der Waals surface area (Å²) in [5, 5.41) is 0.490. The van der Waals surface area contributed by atoms with Crippen LogP contribution in [0.4, 0.5) is 0 Å². The van der Waals surface area contributed by atoms with Crippen molar-refractivity contribution in [1.82, 2.24) is 15.0 Å². The monoisotopic (exact) mass is 249 g/mol. The van der Waals surface area contributed by atoms with Crippen molar-refractivity contribution in [2.45, 2.75) is 17.9 Å². The maximum absolute atomic E-state index is 11.3. The predicted molar refractivity (Wildman–Crippen MR) is 66.7 cm³/mol. The molecule has 6 heteroatoms. The number of aromatic amines is 2. The van der Waals surface area contributed by atoms with Gasteiger partial charge in [-0.25, -0.2) is 4.98 Å². The maximum Gasteiger partial charge on any atom is 0.250 e. The Morgan fingerprint density at radius 1 is 1.24 bits per heavy atom. The predicted octanol–water partition coefficient (Wildman–Crippen LogP) is 0.899. The van der Waals surface area contributed by atoms with E-state index in [1.54, 1.807) is 6.07 Å². The van der Waals surface area contributed by atoms with Gasteiger partial charge in [-0.05, 0) is 11.6 Å². The summed E-state index contributed by atoms with van der Waals surface area (Å²) < 4.78 is 0. The molecule has 1 atom stereocenters. The first kappa shape index (κ1) is 11.7. The third-order valence-electron chi connectivity index (χ3n) is 2.50. The first-order valence-corrected chi connectivity index (χ1v) is 5.49. The molecule has 2 aromatic rings. The zero-order valence-corrected chi connectivity index (χ0v) is 9.99.